The zero-order valence-corrected chi connectivity index (χ0v) is 14.4. The molecule has 1 aromatic heterocycles. The van der Waals surface area contributed by atoms with Gasteiger partial charge in [0.05, 0.1) is 19.9 Å². The number of hydrogen-bond donors (Lipinski definition) is 0. The Morgan fingerprint density at radius 2 is 1.63 bits per heavy atom. The number of methoxy groups -OCH3 is 2. The van der Waals surface area contributed by atoms with E-state index in [1.807, 2.05) is 0 Å². The summed E-state index contributed by atoms with van der Waals surface area (Å²) in [5.74, 6) is -3.35. The fourth-order valence-corrected chi connectivity index (χ4v) is 2.62. The average molecular weight is 372 g/mol. The third-order valence-corrected chi connectivity index (χ3v) is 3.84. The molecule has 3 rings (SSSR count). The number of carbonyl (C=O) groups excluding carboxylic acids is 2. The SMILES string of the molecule is COC(=O)c1c(-c2cc(F)ccc2F)nn(-c2ccccc2)c1C(=O)OC. The second-order valence-corrected chi connectivity index (χ2v) is 5.43. The molecule has 0 bridgehead atoms. The molecule has 0 radical (unpaired) electrons. The van der Waals surface area contributed by atoms with Gasteiger partial charge in [0.25, 0.3) is 0 Å². The molecule has 0 unspecified atom stereocenters. The molecule has 0 aliphatic carbocycles. The van der Waals surface area contributed by atoms with Gasteiger partial charge in [-0.1, -0.05) is 18.2 Å². The van der Waals surface area contributed by atoms with Crippen LogP contribution in [0, 0.1) is 11.6 Å². The Labute approximate surface area is 152 Å². The van der Waals surface area contributed by atoms with Crippen molar-refractivity contribution in [2.24, 2.45) is 0 Å². The molecule has 0 spiro atoms. The van der Waals surface area contributed by atoms with Crippen LogP contribution in [0.15, 0.2) is 48.5 Å². The van der Waals surface area contributed by atoms with Crippen molar-refractivity contribution in [3.63, 3.8) is 0 Å². The molecule has 27 heavy (non-hydrogen) atoms. The summed E-state index contributed by atoms with van der Waals surface area (Å²) in [5.41, 5.74) is -0.670. The van der Waals surface area contributed by atoms with Gasteiger partial charge in [-0.2, -0.15) is 5.10 Å². The lowest BCUT2D eigenvalue weighted by Gasteiger charge is -2.07. The number of aromatic nitrogens is 2. The number of nitrogens with zero attached hydrogens (tertiary/aromatic N) is 2. The summed E-state index contributed by atoms with van der Waals surface area (Å²) in [5, 5.41) is 4.20. The first-order chi connectivity index (χ1) is 13.0. The second-order valence-electron chi connectivity index (χ2n) is 5.43. The molecule has 8 heteroatoms. The third-order valence-electron chi connectivity index (χ3n) is 3.84. The Morgan fingerprint density at radius 1 is 0.963 bits per heavy atom. The fraction of sp³-hybridized carbons (Fsp3) is 0.105. The van der Waals surface area contributed by atoms with E-state index in [0.717, 1.165) is 37.1 Å². The van der Waals surface area contributed by atoms with E-state index in [0.29, 0.717) is 5.69 Å². The number of ether oxygens (including phenoxy) is 2. The van der Waals surface area contributed by atoms with Gasteiger partial charge in [0.15, 0.2) is 5.69 Å². The van der Waals surface area contributed by atoms with Crippen molar-refractivity contribution < 1.29 is 27.8 Å². The van der Waals surface area contributed by atoms with Crippen molar-refractivity contribution in [2.45, 2.75) is 0 Å². The van der Waals surface area contributed by atoms with E-state index in [-0.39, 0.29) is 22.5 Å². The summed E-state index contributed by atoms with van der Waals surface area (Å²) in [7, 11) is 2.24. The Bertz CT molecular complexity index is 1020. The van der Waals surface area contributed by atoms with Crippen molar-refractivity contribution in [3.8, 4) is 16.9 Å². The van der Waals surface area contributed by atoms with E-state index in [1.165, 1.54) is 0 Å². The lowest BCUT2D eigenvalue weighted by molar-refractivity contribution is 0.0549. The highest BCUT2D eigenvalue weighted by Gasteiger charge is 2.32. The van der Waals surface area contributed by atoms with Gasteiger partial charge >= 0.3 is 11.9 Å². The zero-order chi connectivity index (χ0) is 19.6. The van der Waals surface area contributed by atoms with Gasteiger partial charge in [-0.15, -0.1) is 0 Å². The minimum absolute atomic E-state index is 0.233. The first-order valence-electron chi connectivity index (χ1n) is 7.78. The molecular formula is C19H14F2N2O4. The highest BCUT2D eigenvalue weighted by atomic mass is 19.1. The maximum atomic E-state index is 14.3. The minimum atomic E-state index is -0.934. The molecule has 138 valence electrons. The average Bonchev–Trinajstić information content (AvgIpc) is 3.09. The number of hydrogen-bond acceptors (Lipinski definition) is 5. The van der Waals surface area contributed by atoms with E-state index >= 15 is 0 Å². The zero-order valence-electron chi connectivity index (χ0n) is 14.4. The smallest absolute Gasteiger partial charge is 0.357 e. The van der Waals surface area contributed by atoms with Gasteiger partial charge in [0, 0.05) is 5.56 Å². The highest BCUT2D eigenvalue weighted by molar-refractivity contribution is 6.06. The monoisotopic (exact) mass is 372 g/mol. The van der Waals surface area contributed by atoms with Crippen LogP contribution >= 0.6 is 0 Å². The molecule has 0 amide bonds. The molecule has 3 aromatic rings. The number of rotatable bonds is 4. The largest absolute Gasteiger partial charge is 0.465 e. The number of esters is 2. The van der Waals surface area contributed by atoms with Crippen LogP contribution in [0.5, 0.6) is 0 Å². The molecule has 2 aromatic carbocycles. The lowest BCUT2D eigenvalue weighted by atomic mass is 10.0. The van der Waals surface area contributed by atoms with Crippen molar-refractivity contribution in [1.29, 1.82) is 0 Å². The van der Waals surface area contributed by atoms with Crippen molar-refractivity contribution >= 4 is 11.9 Å². The lowest BCUT2D eigenvalue weighted by Crippen LogP contribution is -2.15. The predicted octanol–water partition coefficient (Wildman–Crippen LogP) is 3.39. The van der Waals surface area contributed by atoms with E-state index < -0.39 is 23.6 Å². The Balaban J connectivity index is 2.40. The summed E-state index contributed by atoms with van der Waals surface area (Å²) in [6.07, 6.45) is 0. The molecule has 6 nitrogen and oxygen atoms in total. The maximum Gasteiger partial charge on any atom is 0.357 e. The molecule has 1 heterocycles. The van der Waals surface area contributed by atoms with Gasteiger partial charge in [0.2, 0.25) is 0 Å². The first-order valence-corrected chi connectivity index (χ1v) is 7.78. The van der Waals surface area contributed by atoms with Crippen molar-refractivity contribution in [1.82, 2.24) is 9.78 Å². The van der Waals surface area contributed by atoms with E-state index in [2.05, 4.69) is 5.10 Å². The summed E-state index contributed by atoms with van der Waals surface area (Å²) in [6.45, 7) is 0. The van der Waals surface area contributed by atoms with E-state index in [4.69, 9.17) is 9.47 Å². The van der Waals surface area contributed by atoms with Crippen LogP contribution in [-0.4, -0.2) is 35.9 Å². The van der Waals surface area contributed by atoms with Crippen LogP contribution in [0.25, 0.3) is 16.9 Å². The summed E-state index contributed by atoms with van der Waals surface area (Å²) < 4.78 is 38.7. The Morgan fingerprint density at radius 3 is 2.26 bits per heavy atom. The van der Waals surface area contributed by atoms with E-state index in [9.17, 15) is 18.4 Å². The molecule has 0 saturated heterocycles. The fourth-order valence-electron chi connectivity index (χ4n) is 2.62. The quantitative estimate of drug-likeness (QED) is 0.657. The molecule has 0 N–H and O–H groups in total. The third kappa shape index (κ3) is 3.29. The number of para-hydroxylation sites is 1. The minimum Gasteiger partial charge on any atom is -0.465 e. The number of benzene rings is 2. The maximum absolute atomic E-state index is 14.3. The molecule has 0 fully saturated rings. The normalized spacial score (nSPS) is 10.5. The Hall–Kier alpha value is -3.55. The van der Waals surface area contributed by atoms with Gasteiger partial charge in [-0.05, 0) is 30.3 Å². The molecule has 0 atom stereocenters. The molecule has 0 saturated carbocycles. The van der Waals surface area contributed by atoms with Crippen LogP contribution in [0.3, 0.4) is 0 Å². The van der Waals surface area contributed by atoms with Crippen molar-refractivity contribution in [2.75, 3.05) is 14.2 Å². The number of halogens is 2. The van der Waals surface area contributed by atoms with E-state index in [1.54, 1.807) is 30.3 Å². The van der Waals surface area contributed by atoms with Gasteiger partial charge in [-0.3, -0.25) is 0 Å². The van der Waals surface area contributed by atoms with Gasteiger partial charge < -0.3 is 9.47 Å². The molecule has 0 aliphatic rings. The van der Waals surface area contributed by atoms with Crippen LogP contribution in [0.4, 0.5) is 8.78 Å². The van der Waals surface area contributed by atoms with Crippen LogP contribution < -0.4 is 0 Å². The Kier molecular flexibility index (Phi) is 4.98. The standard InChI is InChI=1S/C19H14F2N2O4/c1-26-18(24)15-16(13-10-11(20)8-9-14(13)21)22-23(17(15)19(25)27-2)12-6-4-3-5-7-12/h3-10H,1-2H3. The van der Waals surface area contributed by atoms with Crippen LogP contribution in [0.1, 0.15) is 20.8 Å². The summed E-state index contributed by atoms with van der Waals surface area (Å²) >= 11 is 0. The van der Waals surface area contributed by atoms with Gasteiger partial charge in [0.1, 0.15) is 22.9 Å². The van der Waals surface area contributed by atoms with Crippen molar-refractivity contribution in [3.05, 3.63) is 71.4 Å². The van der Waals surface area contributed by atoms with Crippen LogP contribution in [-0.2, 0) is 9.47 Å². The van der Waals surface area contributed by atoms with Crippen LogP contribution in [0.2, 0.25) is 0 Å². The summed E-state index contributed by atoms with van der Waals surface area (Å²) in [4.78, 5) is 24.8. The second kappa shape index (κ2) is 7.36. The highest BCUT2D eigenvalue weighted by Crippen LogP contribution is 2.31. The predicted molar refractivity (Wildman–Crippen MR) is 91.6 cm³/mol. The molecular weight excluding hydrogens is 358 g/mol. The van der Waals surface area contributed by atoms with Gasteiger partial charge in [-0.25, -0.2) is 23.1 Å². The summed E-state index contributed by atoms with van der Waals surface area (Å²) in [6, 6.07) is 11.1. The topological polar surface area (TPSA) is 70.4 Å². The number of carbonyl (C=O) groups is 2. The molecule has 0 aliphatic heterocycles. The first kappa shape index (κ1) is 18.2.